The lowest BCUT2D eigenvalue weighted by molar-refractivity contribution is -0.845. The van der Waals surface area contributed by atoms with Crippen molar-refractivity contribution < 1.29 is 36.4 Å². The van der Waals surface area contributed by atoms with Crippen LogP contribution in [0.3, 0.4) is 0 Å². The van der Waals surface area contributed by atoms with Crippen molar-refractivity contribution in [2.24, 2.45) is 0 Å². The topological polar surface area (TPSA) is 76.2 Å². The molecule has 0 aliphatic rings. The van der Waals surface area contributed by atoms with E-state index in [0.717, 1.165) is 29.9 Å². The maximum absolute atomic E-state index is 13.9. The summed E-state index contributed by atoms with van der Waals surface area (Å²) in [5, 5.41) is 13.9. The molecule has 0 bridgehead atoms. The molecular weight excluding hydrogens is 413 g/mol. The monoisotopic (exact) mass is 426 g/mol. The van der Waals surface area contributed by atoms with Gasteiger partial charge >= 0.3 is 12.2 Å². The molecule has 0 radical (unpaired) electrons. The number of aromatic nitrogens is 4. The van der Waals surface area contributed by atoms with Gasteiger partial charge in [0.05, 0.1) is 23.0 Å². The van der Waals surface area contributed by atoms with E-state index < -0.39 is 48.4 Å². The SMILES string of the molecule is [C-]#[N+]c1ncc(CC(=O)[C@@](C)(O)Cn2nc(F)c3cc(F)ccc32)c[n+]1C(F)(F)F. The molecule has 3 aromatic rings. The predicted molar refractivity (Wildman–Crippen MR) is 91.0 cm³/mol. The van der Waals surface area contributed by atoms with Crippen LogP contribution in [0.15, 0.2) is 30.6 Å². The van der Waals surface area contributed by atoms with Crippen molar-refractivity contribution in [2.45, 2.75) is 31.8 Å². The Hall–Kier alpha value is -3.46. The number of hydrogen-bond acceptors (Lipinski definition) is 4. The van der Waals surface area contributed by atoms with Gasteiger partial charge in [-0.15, -0.1) is 22.8 Å². The van der Waals surface area contributed by atoms with Crippen LogP contribution in [0, 0.1) is 18.3 Å². The molecule has 0 aliphatic carbocycles. The van der Waals surface area contributed by atoms with E-state index >= 15 is 0 Å². The fourth-order valence-corrected chi connectivity index (χ4v) is 2.81. The molecule has 156 valence electrons. The largest absolute Gasteiger partial charge is 0.581 e. The van der Waals surface area contributed by atoms with Crippen molar-refractivity contribution in [3.05, 3.63) is 59.3 Å². The molecule has 0 aliphatic heterocycles. The van der Waals surface area contributed by atoms with Crippen molar-refractivity contribution in [3.63, 3.8) is 0 Å². The first-order valence-electron chi connectivity index (χ1n) is 8.35. The molecule has 7 nitrogen and oxygen atoms in total. The summed E-state index contributed by atoms with van der Waals surface area (Å²) in [5.74, 6) is -3.52. The van der Waals surface area contributed by atoms with Crippen molar-refractivity contribution in [1.82, 2.24) is 14.8 Å². The molecule has 1 atom stereocenters. The highest BCUT2D eigenvalue weighted by atomic mass is 19.4. The third-order valence-corrected chi connectivity index (χ3v) is 4.32. The third kappa shape index (κ3) is 4.11. The van der Waals surface area contributed by atoms with Crippen LogP contribution < -0.4 is 4.57 Å². The number of Topliss-reactive ketones (excluding diaryl/α,β-unsaturated/α-hetero) is 1. The Bertz CT molecular complexity index is 1180. The molecule has 3 rings (SSSR count). The highest BCUT2D eigenvalue weighted by molar-refractivity contribution is 5.88. The van der Waals surface area contributed by atoms with Crippen LogP contribution in [0.25, 0.3) is 15.7 Å². The molecule has 2 aromatic heterocycles. The first-order chi connectivity index (χ1) is 13.9. The van der Waals surface area contributed by atoms with Crippen LogP contribution in [-0.2, 0) is 24.1 Å². The van der Waals surface area contributed by atoms with Gasteiger partial charge in [0.2, 0.25) is 5.95 Å². The van der Waals surface area contributed by atoms with E-state index in [0.29, 0.717) is 6.20 Å². The molecular formula is C18H13F5N5O2+. The van der Waals surface area contributed by atoms with E-state index in [2.05, 4.69) is 14.9 Å². The number of benzene rings is 1. The Kier molecular flexibility index (Phi) is 5.25. The molecule has 0 amide bonds. The molecule has 0 fully saturated rings. The number of carbonyl (C=O) groups excluding carboxylic acids is 1. The molecule has 0 saturated heterocycles. The van der Waals surface area contributed by atoms with Gasteiger partial charge < -0.3 is 5.11 Å². The summed E-state index contributed by atoms with van der Waals surface area (Å²) in [6.45, 7) is 7.33. The van der Waals surface area contributed by atoms with E-state index in [4.69, 9.17) is 6.57 Å². The first kappa shape index (κ1) is 21.3. The van der Waals surface area contributed by atoms with Crippen molar-refractivity contribution in [1.29, 1.82) is 0 Å². The standard InChI is InChI=1S/C18H13F5N5O2/c1-17(30,9-28-13-4-3-11(19)6-12(13)15(20)26-28)14(29)5-10-7-25-16(24-2)27(8-10)18(21,22)23/h3-4,6-8,30H,5,9H2,1H3/q+1/t17-/m0/s1. The van der Waals surface area contributed by atoms with Gasteiger partial charge in [-0.1, -0.05) is 0 Å². The molecule has 30 heavy (non-hydrogen) atoms. The highest BCUT2D eigenvalue weighted by Gasteiger charge is 2.42. The van der Waals surface area contributed by atoms with Gasteiger partial charge in [-0.25, -0.2) is 4.39 Å². The van der Waals surface area contributed by atoms with Crippen LogP contribution in [0.4, 0.5) is 27.9 Å². The number of hydrogen-bond donors (Lipinski definition) is 1. The maximum Gasteiger partial charge on any atom is 0.581 e. The Labute approximate surface area is 165 Å². The summed E-state index contributed by atoms with van der Waals surface area (Å²) in [6, 6.07) is 3.18. The zero-order valence-electron chi connectivity index (χ0n) is 15.3. The molecule has 1 aromatic carbocycles. The third-order valence-electron chi connectivity index (χ3n) is 4.32. The number of nitrogens with zero attached hydrogens (tertiary/aromatic N) is 5. The van der Waals surface area contributed by atoms with E-state index in [-0.39, 0.29) is 21.0 Å². The van der Waals surface area contributed by atoms with Gasteiger partial charge in [0.15, 0.2) is 12.0 Å². The van der Waals surface area contributed by atoms with Gasteiger partial charge in [-0.2, -0.15) is 4.39 Å². The Morgan fingerprint density at radius 2 is 2.03 bits per heavy atom. The molecule has 0 saturated carbocycles. The summed E-state index contributed by atoms with van der Waals surface area (Å²) < 4.78 is 66.9. The van der Waals surface area contributed by atoms with Crippen molar-refractivity contribution in [3.8, 4) is 0 Å². The van der Waals surface area contributed by atoms with Crippen LogP contribution in [0.2, 0.25) is 0 Å². The summed E-state index contributed by atoms with van der Waals surface area (Å²) >= 11 is 0. The number of carbonyl (C=O) groups is 1. The van der Waals surface area contributed by atoms with Gasteiger partial charge in [0.1, 0.15) is 17.6 Å². The van der Waals surface area contributed by atoms with Crippen molar-refractivity contribution in [2.75, 3.05) is 0 Å². The maximum atomic E-state index is 13.9. The van der Waals surface area contributed by atoms with E-state index in [1.165, 1.54) is 6.07 Å². The van der Waals surface area contributed by atoms with Gasteiger partial charge in [-0.3, -0.25) is 14.3 Å². The lowest BCUT2D eigenvalue weighted by atomic mass is 9.96. The Balaban J connectivity index is 1.86. The average Bonchev–Trinajstić information content (AvgIpc) is 2.95. The number of halogens is 5. The minimum absolute atomic E-state index is 0.125. The fourth-order valence-electron chi connectivity index (χ4n) is 2.81. The number of rotatable bonds is 5. The quantitative estimate of drug-likeness (QED) is 0.387. The average molecular weight is 426 g/mol. The van der Waals surface area contributed by atoms with Crippen LogP contribution >= 0.6 is 0 Å². The second kappa shape index (κ2) is 7.42. The van der Waals surface area contributed by atoms with E-state index in [1.54, 1.807) is 0 Å². The number of aliphatic hydroxyl groups is 1. The van der Waals surface area contributed by atoms with Crippen LogP contribution in [-0.4, -0.2) is 31.3 Å². The Morgan fingerprint density at radius 1 is 1.33 bits per heavy atom. The van der Waals surface area contributed by atoms with Crippen LogP contribution in [0.5, 0.6) is 0 Å². The number of ketones is 1. The second-order valence-corrected chi connectivity index (χ2v) is 6.70. The summed E-state index contributed by atoms with van der Waals surface area (Å²) in [6.07, 6.45) is -4.09. The summed E-state index contributed by atoms with van der Waals surface area (Å²) in [5.41, 5.74) is -2.20. The van der Waals surface area contributed by atoms with E-state index in [1.807, 2.05) is 0 Å². The minimum Gasteiger partial charge on any atom is -0.380 e. The zero-order chi connectivity index (χ0) is 22.3. The smallest absolute Gasteiger partial charge is 0.380 e. The van der Waals surface area contributed by atoms with Crippen LogP contribution in [0.1, 0.15) is 12.5 Å². The normalized spacial score (nSPS) is 13.8. The van der Waals surface area contributed by atoms with Gasteiger partial charge in [0.25, 0.3) is 0 Å². The lowest BCUT2D eigenvalue weighted by Gasteiger charge is -2.22. The zero-order valence-corrected chi connectivity index (χ0v) is 15.3. The minimum atomic E-state index is -4.92. The number of fused-ring (bicyclic) bond motifs is 1. The van der Waals surface area contributed by atoms with Gasteiger partial charge in [0, 0.05) is 6.42 Å². The predicted octanol–water partition coefficient (Wildman–Crippen LogP) is 2.59. The Morgan fingerprint density at radius 3 is 2.67 bits per heavy atom. The highest BCUT2D eigenvalue weighted by Crippen LogP contribution is 2.22. The molecule has 0 spiro atoms. The molecule has 1 N–H and O–H groups in total. The summed E-state index contributed by atoms with van der Waals surface area (Å²) in [4.78, 5) is 18.6. The summed E-state index contributed by atoms with van der Waals surface area (Å²) in [7, 11) is 0. The van der Waals surface area contributed by atoms with Crippen molar-refractivity contribution >= 4 is 22.6 Å². The number of alkyl halides is 3. The fraction of sp³-hybridized carbons (Fsp3) is 0.278. The molecule has 2 heterocycles. The lowest BCUT2D eigenvalue weighted by Crippen LogP contribution is -2.48. The van der Waals surface area contributed by atoms with E-state index in [9.17, 15) is 31.9 Å². The van der Waals surface area contributed by atoms with Gasteiger partial charge in [-0.05, 0) is 36.7 Å². The molecule has 12 heteroatoms. The molecule has 0 unspecified atom stereocenters. The first-order valence-corrected chi connectivity index (χ1v) is 8.35. The second-order valence-electron chi connectivity index (χ2n) is 6.70.